The third-order valence-corrected chi connectivity index (χ3v) is 2.28. The molecular weight excluding hydrogens is 218 g/mol. The minimum atomic E-state index is -0.513. The van der Waals surface area contributed by atoms with Crippen LogP contribution in [0.25, 0.3) is 0 Å². The molecule has 1 N–H and O–H groups in total. The fraction of sp³-hybridized carbons (Fsp3) is 0.750. The Bertz CT molecular complexity index is 344. The molecule has 0 amide bonds. The molecule has 1 aromatic heterocycles. The highest BCUT2D eigenvalue weighted by atomic mass is 16.5. The van der Waals surface area contributed by atoms with Gasteiger partial charge in [0.15, 0.2) is 0 Å². The normalized spacial score (nSPS) is 13.8. The zero-order valence-electron chi connectivity index (χ0n) is 11.3. The predicted molar refractivity (Wildman–Crippen MR) is 68.2 cm³/mol. The Morgan fingerprint density at radius 2 is 2.18 bits per heavy atom. The van der Waals surface area contributed by atoms with Crippen molar-refractivity contribution in [1.29, 1.82) is 0 Å². The molecular formula is C12H23N3O2. The average molecular weight is 241 g/mol. The Hall–Kier alpha value is -1.07. The maximum absolute atomic E-state index is 9.85. The molecule has 98 valence electrons. The van der Waals surface area contributed by atoms with Crippen LogP contribution in [0.1, 0.15) is 20.8 Å². The van der Waals surface area contributed by atoms with Gasteiger partial charge in [0, 0.05) is 32.9 Å². The SMILES string of the molecule is CN(CC(O)COC(C)(C)C)c1ccn(C)n1. The molecule has 1 heterocycles. The van der Waals surface area contributed by atoms with E-state index in [1.54, 1.807) is 4.68 Å². The second-order valence-electron chi connectivity index (χ2n) is 5.31. The first-order valence-electron chi connectivity index (χ1n) is 5.81. The van der Waals surface area contributed by atoms with E-state index in [0.29, 0.717) is 13.2 Å². The summed E-state index contributed by atoms with van der Waals surface area (Å²) in [6.45, 7) is 6.76. The maximum Gasteiger partial charge on any atom is 0.150 e. The lowest BCUT2D eigenvalue weighted by atomic mass is 10.2. The van der Waals surface area contributed by atoms with Crippen molar-refractivity contribution >= 4 is 5.82 Å². The molecule has 17 heavy (non-hydrogen) atoms. The summed E-state index contributed by atoms with van der Waals surface area (Å²) in [6, 6.07) is 1.91. The van der Waals surface area contributed by atoms with Crippen LogP contribution in [0.3, 0.4) is 0 Å². The van der Waals surface area contributed by atoms with Gasteiger partial charge < -0.3 is 14.7 Å². The van der Waals surface area contributed by atoms with Gasteiger partial charge in [-0.25, -0.2) is 0 Å². The van der Waals surface area contributed by atoms with Crippen LogP contribution in [-0.4, -0.2) is 46.8 Å². The zero-order chi connectivity index (χ0) is 13.1. The Kier molecular flexibility index (Phi) is 4.54. The quantitative estimate of drug-likeness (QED) is 0.836. The third kappa shape index (κ3) is 5.19. The molecule has 0 radical (unpaired) electrons. The highest BCUT2D eigenvalue weighted by Crippen LogP contribution is 2.10. The van der Waals surface area contributed by atoms with Crippen LogP contribution < -0.4 is 4.90 Å². The number of aliphatic hydroxyl groups is 1. The lowest BCUT2D eigenvalue weighted by molar-refractivity contribution is -0.0461. The molecule has 0 saturated heterocycles. The van der Waals surface area contributed by atoms with E-state index in [0.717, 1.165) is 5.82 Å². The number of aliphatic hydroxyl groups excluding tert-OH is 1. The number of likely N-dealkylation sites (N-methyl/N-ethyl adjacent to an activating group) is 1. The summed E-state index contributed by atoms with van der Waals surface area (Å²) < 4.78 is 7.27. The number of aryl methyl sites for hydroxylation is 1. The van der Waals surface area contributed by atoms with E-state index in [9.17, 15) is 5.11 Å². The number of hydrogen-bond donors (Lipinski definition) is 1. The highest BCUT2D eigenvalue weighted by Gasteiger charge is 2.15. The summed E-state index contributed by atoms with van der Waals surface area (Å²) in [5, 5.41) is 14.1. The van der Waals surface area contributed by atoms with Gasteiger partial charge in [0.2, 0.25) is 0 Å². The number of hydrogen-bond acceptors (Lipinski definition) is 4. The number of rotatable bonds is 5. The van der Waals surface area contributed by atoms with Crippen molar-refractivity contribution in [2.75, 3.05) is 25.1 Å². The standard InChI is InChI=1S/C12H23N3O2/c1-12(2,3)17-9-10(16)8-14(4)11-6-7-15(5)13-11/h6-7,10,16H,8-9H2,1-5H3. The fourth-order valence-corrected chi connectivity index (χ4v) is 1.41. The van der Waals surface area contributed by atoms with E-state index >= 15 is 0 Å². The summed E-state index contributed by atoms with van der Waals surface area (Å²) in [7, 11) is 3.78. The van der Waals surface area contributed by atoms with Gasteiger partial charge in [0.1, 0.15) is 5.82 Å². The van der Waals surface area contributed by atoms with Crippen LogP contribution in [0.2, 0.25) is 0 Å². The lowest BCUT2D eigenvalue weighted by Crippen LogP contribution is -2.35. The van der Waals surface area contributed by atoms with Crippen molar-refractivity contribution in [1.82, 2.24) is 9.78 Å². The predicted octanol–water partition coefficient (Wildman–Crippen LogP) is 1.03. The zero-order valence-corrected chi connectivity index (χ0v) is 11.3. The Balaban J connectivity index is 2.38. The van der Waals surface area contributed by atoms with Crippen LogP contribution >= 0.6 is 0 Å². The first-order valence-corrected chi connectivity index (χ1v) is 5.81. The van der Waals surface area contributed by atoms with Gasteiger partial charge in [-0.2, -0.15) is 5.10 Å². The van der Waals surface area contributed by atoms with Crippen LogP contribution in [0.4, 0.5) is 5.82 Å². The molecule has 0 spiro atoms. The van der Waals surface area contributed by atoms with E-state index < -0.39 is 6.10 Å². The maximum atomic E-state index is 9.85. The first-order chi connectivity index (χ1) is 7.78. The van der Waals surface area contributed by atoms with Crippen molar-refractivity contribution in [3.63, 3.8) is 0 Å². The van der Waals surface area contributed by atoms with Crippen LogP contribution in [0.15, 0.2) is 12.3 Å². The van der Waals surface area contributed by atoms with Gasteiger partial charge in [-0.15, -0.1) is 0 Å². The molecule has 5 nitrogen and oxygen atoms in total. The van der Waals surface area contributed by atoms with Gasteiger partial charge in [0.25, 0.3) is 0 Å². The molecule has 1 unspecified atom stereocenters. The largest absolute Gasteiger partial charge is 0.389 e. The molecule has 0 aliphatic heterocycles. The molecule has 1 rings (SSSR count). The molecule has 1 atom stereocenters. The van der Waals surface area contributed by atoms with E-state index in [4.69, 9.17) is 4.74 Å². The Labute approximate surface area is 103 Å². The van der Waals surface area contributed by atoms with Crippen molar-refractivity contribution in [2.24, 2.45) is 7.05 Å². The molecule has 0 fully saturated rings. The van der Waals surface area contributed by atoms with Crippen LogP contribution in [0, 0.1) is 0 Å². The summed E-state index contributed by atoms with van der Waals surface area (Å²) in [6.07, 6.45) is 1.37. The van der Waals surface area contributed by atoms with Crippen molar-refractivity contribution in [3.05, 3.63) is 12.3 Å². The van der Waals surface area contributed by atoms with E-state index in [1.165, 1.54) is 0 Å². The van der Waals surface area contributed by atoms with Gasteiger partial charge in [-0.1, -0.05) is 0 Å². The summed E-state index contributed by atoms with van der Waals surface area (Å²) in [5.74, 6) is 0.849. The molecule has 0 aliphatic rings. The summed E-state index contributed by atoms with van der Waals surface area (Å²) >= 11 is 0. The van der Waals surface area contributed by atoms with Gasteiger partial charge in [-0.05, 0) is 20.8 Å². The van der Waals surface area contributed by atoms with E-state index in [-0.39, 0.29) is 5.60 Å². The first kappa shape index (κ1) is 14.0. The molecule has 0 saturated carbocycles. The topological polar surface area (TPSA) is 50.5 Å². The van der Waals surface area contributed by atoms with Crippen molar-refractivity contribution in [3.8, 4) is 0 Å². The van der Waals surface area contributed by atoms with Gasteiger partial charge in [0.05, 0.1) is 18.3 Å². The third-order valence-electron chi connectivity index (χ3n) is 2.28. The minimum Gasteiger partial charge on any atom is -0.389 e. The number of anilines is 1. The second-order valence-corrected chi connectivity index (χ2v) is 5.31. The number of aromatic nitrogens is 2. The van der Waals surface area contributed by atoms with E-state index in [1.807, 2.05) is 52.0 Å². The minimum absolute atomic E-state index is 0.218. The highest BCUT2D eigenvalue weighted by molar-refractivity contribution is 5.35. The molecule has 0 aliphatic carbocycles. The monoisotopic (exact) mass is 241 g/mol. The molecule has 0 bridgehead atoms. The molecule has 0 aromatic carbocycles. The van der Waals surface area contributed by atoms with Gasteiger partial charge in [-0.3, -0.25) is 4.68 Å². The Morgan fingerprint density at radius 1 is 1.53 bits per heavy atom. The second kappa shape index (κ2) is 5.51. The van der Waals surface area contributed by atoms with Gasteiger partial charge >= 0.3 is 0 Å². The molecule has 1 aromatic rings. The lowest BCUT2D eigenvalue weighted by Gasteiger charge is -2.24. The van der Waals surface area contributed by atoms with Crippen LogP contribution in [0.5, 0.6) is 0 Å². The summed E-state index contributed by atoms with van der Waals surface area (Å²) in [4.78, 5) is 1.91. The number of nitrogens with zero attached hydrogens (tertiary/aromatic N) is 3. The smallest absolute Gasteiger partial charge is 0.150 e. The summed E-state index contributed by atoms with van der Waals surface area (Å²) in [5.41, 5.74) is -0.218. The average Bonchev–Trinajstić information content (AvgIpc) is 2.61. The van der Waals surface area contributed by atoms with E-state index in [2.05, 4.69) is 5.10 Å². The van der Waals surface area contributed by atoms with Crippen LogP contribution in [-0.2, 0) is 11.8 Å². The Morgan fingerprint density at radius 3 is 2.65 bits per heavy atom. The molecule has 5 heteroatoms. The van der Waals surface area contributed by atoms with Crippen molar-refractivity contribution < 1.29 is 9.84 Å². The van der Waals surface area contributed by atoms with Crippen molar-refractivity contribution in [2.45, 2.75) is 32.5 Å². The number of ether oxygens (including phenoxy) is 1. The fourth-order valence-electron chi connectivity index (χ4n) is 1.41.